The number of hydrogen-bond donors (Lipinski definition) is 4. The summed E-state index contributed by atoms with van der Waals surface area (Å²) in [6, 6.07) is 16.0. The van der Waals surface area contributed by atoms with Crippen molar-refractivity contribution in [3.63, 3.8) is 0 Å². The molecule has 0 saturated carbocycles. The normalized spacial score (nSPS) is 18.0. The van der Waals surface area contributed by atoms with Gasteiger partial charge < -0.3 is 30.3 Å². The number of aliphatic carboxylic acids is 1. The fourth-order valence-corrected chi connectivity index (χ4v) is 4.79. The molecule has 0 spiro atoms. The van der Waals surface area contributed by atoms with Crippen LogP contribution in [0, 0.1) is 0 Å². The monoisotopic (exact) mass is 482 g/mol. The number of carboxylic acid groups (broad SMARTS) is 1. The van der Waals surface area contributed by atoms with Gasteiger partial charge in [0.25, 0.3) is 0 Å². The van der Waals surface area contributed by atoms with Gasteiger partial charge in [-0.15, -0.1) is 0 Å². The van der Waals surface area contributed by atoms with Crippen molar-refractivity contribution < 1.29 is 34.1 Å². The van der Waals surface area contributed by atoms with Gasteiger partial charge in [0, 0.05) is 38.5 Å². The number of carbonyl (C=O) groups is 3. The predicted octanol–water partition coefficient (Wildman–Crippen LogP) is 2.42. The second-order valence-corrected chi connectivity index (χ2v) is 9.40. The first kappa shape index (κ1) is 24.7. The molecule has 9 heteroatoms. The highest BCUT2D eigenvalue weighted by Gasteiger charge is 2.43. The second kappa shape index (κ2) is 10.1. The Bertz CT molecular complexity index is 1060. The summed E-state index contributed by atoms with van der Waals surface area (Å²) in [6.07, 6.45) is -0.793. The minimum absolute atomic E-state index is 0.112. The fourth-order valence-electron chi connectivity index (χ4n) is 4.79. The van der Waals surface area contributed by atoms with Crippen LogP contribution in [0.1, 0.15) is 43.2 Å². The highest BCUT2D eigenvalue weighted by atomic mass is 16.5. The van der Waals surface area contributed by atoms with Crippen molar-refractivity contribution in [1.29, 1.82) is 0 Å². The number of alkyl carbamates (subject to hydrolysis) is 1. The standard InChI is InChI=1S/C26H30N2O7/c1-25(33,14-22(29)30)16-27-23(31)26(10-12-34-13-11-26)28-24(32)35-15-21-19-8-4-2-6-17(19)18-7-3-5-9-20(18)21/h2-9,21,33H,10-16H2,1H3,(H,27,31)(H,28,32)(H,29,30). The molecule has 2 aliphatic rings. The van der Waals surface area contributed by atoms with E-state index in [0.29, 0.717) is 0 Å². The molecule has 0 aromatic heterocycles. The van der Waals surface area contributed by atoms with Crippen molar-refractivity contribution in [1.82, 2.24) is 10.6 Å². The van der Waals surface area contributed by atoms with E-state index in [-0.39, 0.29) is 45.1 Å². The van der Waals surface area contributed by atoms with Gasteiger partial charge in [-0.05, 0) is 29.2 Å². The SMILES string of the molecule is CC(O)(CNC(=O)C1(NC(=O)OCC2c3ccccc3-c3ccccc32)CCOCC1)CC(=O)O. The van der Waals surface area contributed by atoms with Crippen LogP contribution >= 0.6 is 0 Å². The maximum atomic E-state index is 13.1. The molecule has 0 bridgehead atoms. The number of benzene rings is 2. The molecule has 186 valence electrons. The first-order valence-corrected chi connectivity index (χ1v) is 11.6. The Labute approximate surface area is 203 Å². The Morgan fingerprint density at radius 2 is 1.63 bits per heavy atom. The molecule has 1 aliphatic heterocycles. The third kappa shape index (κ3) is 5.47. The molecule has 1 saturated heterocycles. The quantitative estimate of drug-likeness (QED) is 0.454. The number of aliphatic hydroxyl groups is 1. The van der Waals surface area contributed by atoms with E-state index in [9.17, 15) is 19.5 Å². The molecular weight excluding hydrogens is 452 g/mol. The van der Waals surface area contributed by atoms with E-state index in [4.69, 9.17) is 14.6 Å². The lowest BCUT2D eigenvalue weighted by Gasteiger charge is -2.37. The molecule has 1 heterocycles. The van der Waals surface area contributed by atoms with Crippen molar-refractivity contribution in [2.75, 3.05) is 26.4 Å². The number of carboxylic acids is 1. The molecule has 2 amide bonds. The van der Waals surface area contributed by atoms with E-state index >= 15 is 0 Å². The maximum absolute atomic E-state index is 13.1. The number of ether oxygens (including phenoxy) is 2. The van der Waals surface area contributed by atoms with E-state index < -0.39 is 35.5 Å². The summed E-state index contributed by atoms with van der Waals surface area (Å²) in [5, 5.41) is 24.5. The lowest BCUT2D eigenvalue weighted by molar-refractivity contribution is -0.143. The first-order chi connectivity index (χ1) is 16.7. The maximum Gasteiger partial charge on any atom is 0.408 e. The van der Waals surface area contributed by atoms with Gasteiger partial charge in [0.15, 0.2) is 0 Å². The predicted molar refractivity (Wildman–Crippen MR) is 127 cm³/mol. The molecule has 4 N–H and O–H groups in total. The van der Waals surface area contributed by atoms with Gasteiger partial charge in [-0.2, -0.15) is 0 Å². The number of amides is 2. The van der Waals surface area contributed by atoms with Crippen LogP contribution in [-0.2, 0) is 19.1 Å². The Morgan fingerprint density at radius 1 is 1.06 bits per heavy atom. The number of rotatable bonds is 8. The molecule has 1 fully saturated rings. The zero-order chi connectivity index (χ0) is 25.1. The molecule has 2 aromatic rings. The van der Waals surface area contributed by atoms with Gasteiger partial charge >= 0.3 is 12.1 Å². The van der Waals surface area contributed by atoms with E-state index in [1.165, 1.54) is 6.92 Å². The molecular formula is C26H30N2O7. The summed E-state index contributed by atoms with van der Waals surface area (Å²) in [5.74, 6) is -1.81. The van der Waals surface area contributed by atoms with Crippen LogP contribution in [0.2, 0.25) is 0 Å². The number of fused-ring (bicyclic) bond motifs is 3. The lowest BCUT2D eigenvalue weighted by atomic mass is 9.88. The molecule has 1 atom stereocenters. The van der Waals surface area contributed by atoms with Gasteiger partial charge in [0.05, 0.1) is 12.0 Å². The summed E-state index contributed by atoms with van der Waals surface area (Å²) < 4.78 is 11.0. The summed E-state index contributed by atoms with van der Waals surface area (Å²) in [4.78, 5) is 36.9. The van der Waals surface area contributed by atoms with Crippen LogP contribution in [0.3, 0.4) is 0 Å². The third-order valence-electron chi connectivity index (χ3n) is 6.63. The van der Waals surface area contributed by atoms with Crippen molar-refractivity contribution in [3.05, 3.63) is 59.7 Å². The van der Waals surface area contributed by atoms with Gasteiger partial charge in [-0.3, -0.25) is 9.59 Å². The van der Waals surface area contributed by atoms with Crippen LogP contribution in [-0.4, -0.2) is 65.7 Å². The van der Waals surface area contributed by atoms with Gasteiger partial charge in [-0.25, -0.2) is 4.79 Å². The molecule has 1 aliphatic carbocycles. The fraction of sp³-hybridized carbons (Fsp3) is 0.423. The Balaban J connectivity index is 1.42. The summed E-state index contributed by atoms with van der Waals surface area (Å²) in [6.45, 7) is 1.71. The van der Waals surface area contributed by atoms with E-state index in [1.807, 2.05) is 36.4 Å². The van der Waals surface area contributed by atoms with E-state index in [2.05, 4.69) is 22.8 Å². The topological polar surface area (TPSA) is 134 Å². The molecule has 4 rings (SSSR count). The highest BCUT2D eigenvalue weighted by molar-refractivity contribution is 5.90. The van der Waals surface area contributed by atoms with Crippen molar-refractivity contribution in [2.24, 2.45) is 0 Å². The van der Waals surface area contributed by atoms with Crippen molar-refractivity contribution in [2.45, 2.75) is 43.2 Å². The van der Waals surface area contributed by atoms with Crippen LogP contribution in [0.4, 0.5) is 4.79 Å². The number of hydrogen-bond acceptors (Lipinski definition) is 6. The average Bonchev–Trinajstić information content (AvgIpc) is 3.15. The zero-order valence-corrected chi connectivity index (χ0v) is 19.6. The third-order valence-corrected chi connectivity index (χ3v) is 6.63. The van der Waals surface area contributed by atoms with Gasteiger partial charge in [0.1, 0.15) is 12.1 Å². The number of nitrogens with one attached hydrogen (secondary N) is 2. The van der Waals surface area contributed by atoms with Crippen LogP contribution in [0.5, 0.6) is 0 Å². The van der Waals surface area contributed by atoms with E-state index in [1.54, 1.807) is 0 Å². The smallest absolute Gasteiger partial charge is 0.408 e. The van der Waals surface area contributed by atoms with Gasteiger partial charge in [-0.1, -0.05) is 48.5 Å². The van der Waals surface area contributed by atoms with E-state index in [0.717, 1.165) is 22.3 Å². The minimum Gasteiger partial charge on any atom is -0.481 e. The Morgan fingerprint density at radius 3 is 2.20 bits per heavy atom. The van der Waals surface area contributed by atoms with Crippen LogP contribution < -0.4 is 10.6 Å². The lowest BCUT2D eigenvalue weighted by Crippen LogP contribution is -2.62. The summed E-state index contributed by atoms with van der Waals surface area (Å²) in [7, 11) is 0. The highest BCUT2D eigenvalue weighted by Crippen LogP contribution is 2.44. The molecule has 9 nitrogen and oxygen atoms in total. The molecule has 2 aromatic carbocycles. The second-order valence-electron chi connectivity index (χ2n) is 9.40. The molecule has 0 radical (unpaired) electrons. The minimum atomic E-state index is -1.63. The Hall–Kier alpha value is -3.43. The van der Waals surface area contributed by atoms with Gasteiger partial charge in [0.2, 0.25) is 5.91 Å². The summed E-state index contributed by atoms with van der Waals surface area (Å²) >= 11 is 0. The molecule has 1 unspecified atom stereocenters. The largest absolute Gasteiger partial charge is 0.481 e. The number of carbonyl (C=O) groups excluding carboxylic acids is 2. The Kier molecular flexibility index (Phi) is 7.09. The molecule has 35 heavy (non-hydrogen) atoms. The van der Waals surface area contributed by atoms with Crippen molar-refractivity contribution >= 4 is 18.0 Å². The zero-order valence-electron chi connectivity index (χ0n) is 19.6. The average molecular weight is 483 g/mol. The van der Waals surface area contributed by atoms with Crippen molar-refractivity contribution in [3.8, 4) is 11.1 Å². The first-order valence-electron chi connectivity index (χ1n) is 11.6. The van der Waals surface area contributed by atoms with Crippen LogP contribution in [0.25, 0.3) is 11.1 Å². The summed E-state index contributed by atoms with van der Waals surface area (Å²) in [5.41, 5.74) is 1.50. The van der Waals surface area contributed by atoms with Crippen LogP contribution in [0.15, 0.2) is 48.5 Å².